The molecule has 0 saturated carbocycles. The van der Waals surface area contributed by atoms with Gasteiger partial charge in [0.1, 0.15) is 5.82 Å². The average Bonchev–Trinajstić information content (AvgIpc) is 3.05. The Morgan fingerprint density at radius 3 is 2.61 bits per heavy atom. The predicted octanol–water partition coefficient (Wildman–Crippen LogP) is 6.18. The third kappa shape index (κ3) is 8.06. The van der Waals surface area contributed by atoms with E-state index in [0.717, 1.165) is 47.1 Å². The van der Waals surface area contributed by atoms with Gasteiger partial charge in [-0.1, -0.05) is 55.0 Å². The zero-order valence-corrected chi connectivity index (χ0v) is 24.5. The van der Waals surface area contributed by atoms with Crippen LogP contribution < -0.4 is 10.2 Å². The second-order valence-electron chi connectivity index (χ2n) is 9.57. The summed E-state index contributed by atoms with van der Waals surface area (Å²) in [5, 5.41) is 4.15. The summed E-state index contributed by atoms with van der Waals surface area (Å²) in [6.07, 6.45) is 5.77. The molecule has 0 saturated heterocycles. The molecule has 6 nitrogen and oxygen atoms in total. The van der Waals surface area contributed by atoms with Crippen molar-refractivity contribution in [1.29, 1.82) is 0 Å². The van der Waals surface area contributed by atoms with Crippen molar-refractivity contribution in [3.05, 3.63) is 88.8 Å². The van der Waals surface area contributed by atoms with Crippen LogP contribution in [0.5, 0.6) is 0 Å². The maximum atomic E-state index is 14.0. The number of hydrogen-bond acceptors (Lipinski definition) is 6. The number of allylic oxidation sites excluding steroid dienone is 1. The first-order valence-corrected chi connectivity index (χ1v) is 14.5. The number of carbonyl (C=O) groups is 1. The molecule has 0 fully saturated rings. The van der Waals surface area contributed by atoms with E-state index in [2.05, 4.69) is 48.3 Å². The van der Waals surface area contributed by atoms with Crippen molar-refractivity contribution in [3.63, 3.8) is 0 Å². The van der Waals surface area contributed by atoms with Gasteiger partial charge in [-0.05, 0) is 75.9 Å². The molecule has 1 atom stereocenters. The monoisotopic (exact) mass is 534 g/mol. The van der Waals surface area contributed by atoms with Gasteiger partial charge in [-0.2, -0.15) is 0 Å². The van der Waals surface area contributed by atoms with Crippen molar-refractivity contribution in [2.24, 2.45) is 4.99 Å². The molecule has 1 N–H and O–H groups in total. The van der Waals surface area contributed by atoms with E-state index in [-0.39, 0.29) is 12.0 Å². The maximum Gasteiger partial charge on any atom is 0.262 e. The van der Waals surface area contributed by atoms with Gasteiger partial charge in [0.15, 0.2) is 0 Å². The van der Waals surface area contributed by atoms with Gasteiger partial charge in [0, 0.05) is 25.8 Å². The molecule has 1 aliphatic rings. The van der Waals surface area contributed by atoms with E-state index in [1.807, 2.05) is 68.6 Å². The smallest absolute Gasteiger partial charge is 0.262 e. The molecule has 0 aliphatic carbocycles. The van der Waals surface area contributed by atoms with Crippen LogP contribution in [0.1, 0.15) is 50.8 Å². The fourth-order valence-corrected chi connectivity index (χ4v) is 4.44. The first-order chi connectivity index (χ1) is 18.4. The number of aliphatic imine (C=N–C) groups is 1. The number of benzene rings is 2. The first-order valence-electron chi connectivity index (χ1n) is 13.3. The minimum Gasteiger partial charge on any atom is -0.369 e. The van der Waals surface area contributed by atoms with Gasteiger partial charge in [-0.3, -0.25) is 4.79 Å². The molecular weight excluding hydrogens is 492 g/mol. The third-order valence-corrected chi connectivity index (χ3v) is 7.43. The Morgan fingerprint density at radius 2 is 1.92 bits per heavy atom. The summed E-state index contributed by atoms with van der Waals surface area (Å²) >= 11 is 1.59. The molecule has 0 bridgehead atoms. The summed E-state index contributed by atoms with van der Waals surface area (Å²) in [4.78, 5) is 22.8. The number of amides is 1. The van der Waals surface area contributed by atoms with Crippen LogP contribution in [0.25, 0.3) is 0 Å². The largest absolute Gasteiger partial charge is 0.369 e. The van der Waals surface area contributed by atoms with Crippen molar-refractivity contribution in [2.45, 2.75) is 46.3 Å². The number of nitrogens with one attached hydrogen (secondary N) is 1. The van der Waals surface area contributed by atoms with Crippen LogP contribution in [0, 0.1) is 0 Å². The fourth-order valence-electron chi connectivity index (χ4n) is 4.27. The summed E-state index contributed by atoms with van der Waals surface area (Å²) < 4.78 is 6.40. The van der Waals surface area contributed by atoms with Crippen molar-refractivity contribution < 1.29 is 9.53 Å². The lowest BCUT2D eigenvalue weighted by Crippen LogP contribution is -2.34. The van der Waals surface area contributed by atoms with Crippen molar-refractivity contribution >= 4 is 28.4 Å². The number of ether oxygens (including phenoxy) is 1. The van der Waals surface area contributed by atoms with E-state index >= 15 is 0 Å². The predicted molar refractivity (Wildman–Crippen MR) is 162 cm³/mol. The number of likely N-dealkylation sites (N-methyl/N-ethyl adjacent to an activating group) is 1. The van der Waals surface area contributed by atoms with Crippen LogP contribution in [-0.4, -0.2) is 55.8 Å². The van der Waals surface area contributed by atoms with Gasteiger partial charge >= 0.3 is 0 Å². The Bertz CT molecular complexity index is 1160. The Balaban J connectivity index is 1.89. The maximum absolute atomic E-state index is 14.0. The molecule has 2 aromatic carbocycles. The molecule has 7 heteroatoms. The number of nitrogens with zero attached hydrogens (tertiary/aromatic N) is 3. The molecule has 1 aliphatic heterocycles. The molecular formula is C31H42N4O2S. The molecule has 0 radical (unpaired) electrons. The molecule has 3 rings (SSSR count). The Labute approximate surface area is 232 Å². The SMILES string of the molecule is CC/C(C)=C/C1=C(/N=C(\C)SC)N(C)CCN(c2cccc(COC(CCNC)c3ccccc3)c2)C1=O. The molecule has 1 heterocycles. The number of hydrogen-bond donors (Lipinski definition) is 1. The highest BCUT2D eigenvalue weighted by Gasteiger charge is 2.28. The topological polar surface area (TPSA) is 57.2 Å². The highest BCUT2D eigenvalue weighted by molar-refractivity contribution is 8.13. The molecule has 204 valence electrons. The van der Waals surface area contributed by atoms with Gasteiger partial charge in [0.2, 0.25) is 0 Å². The standard InChI is InChI=1S/C31H42N4O2S/c1-7-23(2)20-28-30(33-24(3)38-6)34(5)18-19-35(31(28)36)27-15-11-12-25(21-27)22-37-29(16-17-32-4)26-13-9-8-10-14-26/h8-15,20-21,29,32H,7,16-19,22H2,1-6H3/b23-20+,33-24+. The molecule has 2 aromatic rings. The van der Waals surface area contributed by atoms with Crippen LogP contribution in [0.2, 0.25) is 0 Å². The van der Waals surface area contributed by atoms with Crippen LogP contribution in [0.4, 0.5) is 5.69 Å². The van der Waals surface area contributed by atoms with Crippen molar-refractivity contribution in [3.8, 4) is 0 Å². The number of rotatable bonds is 11. The second-order valence-corrected chi connectivity index (χ2v) is 10.6. The number of carbonyl (C=O) groups excluding carboxylic acids is 1. The Kier molecular flexibility index (Phi) is 11.6. The number of anilines is 1. The molecule has 1 amide bonds. The van der Waals surface area contributed by atoms with Crippen molar-refractivity contribution in [2.75, 3.05) is 44.9 Å². The zero-order valence-electron chi connectivity index (χ0n) is 23.7. The Morgan fingerprint density at radius 1 is 1.16 bits per heavy atom. The molecule has 0 spiro atoms. The second kappa shape index (κ2) is 14.9. The summed E-state index contributed by atoms with van der Waals surface area (Å²) in [6, 6.07) is 18.5. The lowest BCUT2D eigenvalue weighted by Gasteiger charge is -2.23. The Hall–Kier alpha value is -2.87. The quantitative estimate of drug-likeness (QED) is 0.276. The normalized spacial score (nSPS) is 16.2. The summed E-state index contributed by atoms with van der Waals surface area (Å²) in [5.41, 5.74) is 4.87. The summed E-state index contributed by atoms with van der Waals surface area (Å²) in [7, 11) is 3.97. The van der Waals surface area contributed by atoms with Gasteiger partial charge in [0.25, 0.3) is 5.91 Å². The average molecular weight is 535 g/mol. The van der Waals surface area contributed by atoms with Crippen LogP contribution in [0.3, 0.4) is 0 Å². The molecule has 38 heavy (non-hydrogen) atoms. The highest BCUT2D eigenvalue weighted by Crippen LogP contribution is 2.28. The van der Waals surface area contributed by atoms with Gasteiger partial charge < -0.3 is 19.9 Å². The van der Waals surface area contributed by atoms with Gasteiger partial charge in [-0.25, -0.2) is 4.99 Å². The minimum absolute atomic E-state index is 0.00226. The lowest BCUT2D eigenvalue weighted by molar-refractivity contribution is -0.114. The zero-order chi connectivity index (χ0) is 27.5. The van der Waals surface area contributed by atoms with E-state index in [9.17, 15) is 4.79 Å². The van der Waals surface area contributed by atoms with E-state index in [4.69, 9.17) is 9.73 Å². The van der Waals surface area contributed by atoms with Gasteiger partial charge in [0.05, 0.1) is 23.3 Å². The highest BCUT2D eigenvalue weighted by atomic mass is 32.2. The molecule has 0 aromatic heterocycles. The number of thioether (sulfide) groups is 1. The van der Waals surface area contributed by atoms with Crippen LogP contribution in [0.15, 0.2) is 82.6 Å². The van der Waals surface area contributed by atoms with Crippen LogP contribution in [-0.2, 0) is 16.1 Å². The molecule has 1 unspecified atom stereocenters. The van der Waals surface area contributed by atoms with Gasteiger partial charge in [-0.15, -0.1) is 11.8 Å². The summed E-state index contributed by atoms with van der Waals surface area (Å²) in [5.74, 6) is 0.705. The van der Waals surface area contributed by atoms with E-state index in [1.54, 1.807) is 11.8 Å². The van der Waals surface area contributed by atoms with E-state index < -0.39 is 0 Å². The fraction of sp³-hybridized carbons (Fsp3) is 0.419. The van der Waals surface area contributed by atoms with Crippen molar-refractivity contribution in [1.82, 2.24) is 10.2 Å². The third-order valence-electron chi connectivity index (χ3n) is 6.75. The summed E-state index contributed by atoms with van der Waals surface area (Å²) in [6.45, 7) is 8.76. The lowest BCUT2D eigenvalue weighted by atomic mass is 10.1. The first kappa shape index (κ1) is 29.7. The van der Waals surface area contributed by atoms with E-state index in [0.29, 0.717) is 25.3 Å². The van der Waals surface area contributed by atoms with E-state index in [1.165, 1.54) is 5.56 Å². The van der Waals surface area contributed by atoms with Crippen LogP contribution >= 0.6 is 11.8 Å². The minimum atomic E-state index is -0.0240.